The number of carbonyl (C=O) groups is 1. The van der Waals surface area contributed by atoms with E-state index in [1.165, 1.54) is 0 Å². The Bertz CT molecular complexity index is 413. The molecule has 0 fully saturated rings. The van der Waals surface area contributed by atoms with Crippen molar-refractivity contribution in [1.82, 2.24) is 10.3 Å². The van der Waals surface area contributed by atoms with Crippen molar-refractivity contribution < 1.29 is 9.53 Å². The van der Waals surface area contributed by atoms with Crippen LogP contribution in [0.2, 0.25) is 0 Å². The van der Waals surface area contributed by atoms with Gasteiger partial charge in [-0.05, 0) is 13.8 Å². The van der Waals surface area contributed by atoms with Crippen molar-refractivity contribution in [2.75, 3.05) is 7.11 Å². The van der Waals surface area contributed by atoms with Crippen LogP contribution in [-0.4, -0.2) is 18.0 Å². The van der Waals surface area contributed by atoms with Gasteiger partial charge in [0.25, 0.3) is 5.91 Å². The zero-order valence-corrected chi connectivity index (χ0v) is 8.47. The summed E-state index contributed by atoms with van der Waals surface area (Å²) in [4.78, 5) is 15.6. The number of ether oxygens (including phenoxy) is 1. The number of hydrogen-bond acceptors (Lipinski definition) is 3. The normalized spacial score (nSPS) is 13.8. The molecule has 1 aliphatic heterocycles. The van der Waals surface area contributed by atoms with Gasteiger partial charge in [0.15, 0.2) is 0 Å². The highest BCUT2D eigenvalue weighted by molar-refractivity contribution is 5.97. The molecule has 0 radical (unpaired) electrons. The number of aromatic nitrogens is 1. The third-order valence-electron chi connectivity index (χ3n) is 2.53. The minimum Gasteiger partial charge on any atom is -0.495 e. The Kier molecular flexibility index (Phi) is 1.91. The molecule has 1 N–H and O–H groups in total. The fraction of sp³-hybridized carbons (Fsp3) is 0.400. The number of hydrogen-bond donors (Lipinski definition) is 1. The second-order valence-corrected chi connectivity index (χ2v) is 3.37. The Morgan fingerprint density at radius 2 is 2.14 bits per heavy atom. The number of aryl methyl sites for hydroxylation is 1. The molecule has 14 heavy (non-hydrogen) atoms. The highest BCUT2D eigenvalue weighted by atomic mass is 16.5. The predicted molar refractivity (Wildman–Crippen MR) is 51.4 cm³/mol. The number of amides is 1. The van der Waals surface area contributed by atoms with Crippen LogP contribution < -0.4 is 10.1 Å². The smallest absolute Gasteiger partial charge is 0.270 e. The number of fused-ring (bicyclic) bond motifs is 1. The predicted octanol–water partition coefficient (Wildman–Crippen LogP) is 0.950. The third-order valence-corrected chi connectivity index (χ3v) is 2.53. The van der Waals surface area contributed by atoms with Crippen LogP contribution in [0, 0.1) is 13.8 Å². The van der Waals surface area contributed by atoms with Crippen LogP contribution in [0.25, 0.3) is 0 Å². The van der Waals surface area contributed by atoms with Crippen LogP contribution in [0.5, 0.6) is 5.75 Å². The number of pyridine rings is 1. The first-order valence-electron chi connectivity index (χ1n) is 4.47. The van der Waals surface area contributed by atoms with Crippen molar-refractivity contribution in [1.29, 1.82) is 0 Å². The number of nitrogens with zero attached hydrogens (tertiary/aromatic N) is 1. The average Bonchev–Trinajstić information content (AvgIpc) is 2.49. The van der Waals surface area contributed by atoms with Gasteiger partial charge in [0.1, 0.15) is 11.4 Å². The molecule has 2 heterocycles. The zero-order valence-electron chi connectivity index (χ0n) is 8.47. The van der Waals surface area contributed by atoms with Crippen molar-refractivity contribution in [2.24, 2.45) is 0 Å². The van der Waals surface area contributed by atoms with Gasteiger partial charge in [0, 0.05) is 17.7 Å². The molecular weight excluding hydrogens is 180 g/mol. The van der Waals surface area contributed by atoms with Crippen LogP contribution >= 0.6 is 0 Å². The maximum Gasteiger partial charge on any atom is 0.270 e. The van der Waals surface area contributed by atoms with Crippen molar-refractivity contribution in [3.8, 4) is 5.75 Å². The van der Waals surface area contributed by atoms with E-state index in [1.54, 1.807) is 7.11 Å². The lowest BCUT2D eigenvalue weighted by Gasteiger charge is -2.10. The largest absolute Gasteiger partial charge is 0.495 e. The first kappa shape index (κ1) is 8.99. The maximum absolute atomic E-state index is 11.4. The van der Waals surface area contributed by atoms with Gasteiger partial charge in [-0.25, -0.2) is 4.98 Å². The summed E-state index contributed by atoms with van der Waals surface area (Å²) < 4.78 is 5.23. The molecule has 4 nitrogen and oxygen atoms in total. The van der Waals surface area contributed by atoms with Crippen LogP contribution in [0.3, 0.4) is 0 Å². The first-order valence-corrected chi connectivity index (χ1v) is 4.47. The van der Waals surface area contributed by atoms with Crippen LogP contribution in [0.15, 0.2) is 0 Å². The second-order valence-electron chi connectivity index (χ2n) is 3.37. The summed E-state index contributed by atoms with van der Waals surface area (Å²) in [7, 11) is 1.62. The van der Waals surface area contributed by atoms with Crippen molar-refractivity contribution in [3.63, 3.8) is 0 Å². The average molecular weight is 192 g/mol. The molecule has 0 spiro atoms. The molecule has 1 aromatic rings. The monoisotopic (exact) mass is 192 g/mol. The van der Waals surface area contributed by atoms with E-state index in [0.29, 0.717) is 12.2 Å². The molecule has 0 atom stereocenters. The minimum atomic E-state index is -0.0890. The summed E-state index contributed by atoms with van der Waals surface area (Å²) in [5.74, 6) is 0.689. The summed E-state index contributed by atoms with van der Waals surface area (Å²) >= 11 is 0. The molecule has 0 saturated carbocycles. The lowest BCUT2D eigenvalue weighted by atomic mass is 10.1. The van der Waals surface area contributed by atoms with E-state index < -0.39 is 0 Å². The molecule has 0 aromatic carbocycles. The van der Waals surface area contributed by atoms with Crippen LogP contribution in [0.4, 0.5) is 0 Å². The molecule has 74 valence electrons. The van der Waals surface area contributed by atoms with Gasteiger partial charge in [-0.2, -0.15) is 0 Å². The summed E-state index contributed by atoms with van der Waals surface area (Å²) in [5, 5.41) is 2.75. The van der Waals surface area contributed by atoms with Gasteiger partial charge in [0.2, 0.25) is 0 Å². The molecule has 4 heteroatoms. The first-order chi connectivity index (χ1) is 6.65. The van der Waals surface area contributed by atoms with E-state index in [1.807, 2.05) is 13.8 Å². The van der Waals surface area contributed by atoms with E-state index in [-0.39, 0.29) is 5.91 Å². The highest BCUT2D eigenvalue weighted by Crippen LogP contribution is 2.28. The van der Waals surface area contributed by atoms with Gasteiger partial charge >= 0.3 is 0 Å². The van der Waals surface area contributed by atoms with Crippen LogP contribution in [0.1, 0.15) is 27.3 Å². The molecule has 0 aliphatic carbocycles. The molecule has 2 rings (SSSR count). The lowest BCUT2D eigenvalue weighted by Crippen LogP contribution is -2.13. The van der Waals surface area contributed by atoms with Gasteiger partial charge in [-0.15, -0.1) is 0 Å². The zero-order chi connectivity index (χ0) is 10.3. The summed E-state index contributed by atoms with van der Waals surface area (Å²) in [5.41, 5.74) is 3.27. The second kappa shape index (κ2) is 2.97. The Morgan fingerprint density at radius 3 is 2.79 bits per heavy atom. The van der Waals surface area contributed by atoms with Gasteiger partial charge in [0.05, 0.1) is 12.8 Å². The van der Waals surface area contributed by atoms with Gasteiger partial charge < -0.3 is 10.1 Å². The Balaban J connectivity index is 2.68. The standard InChI is InChI=1S/C10H12N2O2/c1-5-7-4-11-10(13)8(7)12-6(2)9(5)14-3/h4H2,1-3H3,(H,11,13). The molecule has 0 bridgehead atoms. The quantitative estimate of drug-likeness (QED) is 0.720. The summed E-state index contributed by atoms with van der Waals surface area (Å²) in [6.45, 7) is 4.36. The van der Waals surface area contributed by atoms with Crippen molar-refractivity contribution in [2.45, 2.75) is 20.4 Å². The third kappa shape index (κ3) is 1.07. The van der Waals surface area contributed by atoms with Gasteiger partial charge in [-0.1, -0.05) is 0 Å². The fourth-order valence-electron chi connectivity index (χ4n) is 1.83. The number of methoxy groups -OCH3 is 1. The highest BCUT2D eigenvalue weighted by Gasteiger charge is 2.25. The molecular formula is C10H12N2O2. The SMILES string of the molecule is COc1c(C)nc2c(c1C)CNC2=O. The molecule has 1 aliphatic rings. The Hall–Kier alpha value is -1.58. The lowest BCUT2D eigenvalue weighted by molar-refractivity contribution is 0.0961. The molecule has 1 amide bonds. The summed E-state index contributed by atoms with van der Waals surface area (Å²) in [6, 6.07) is 0. The topological polar surface area (TPSA) is 51.2 Å². The molecule has 1 aromatic heterocycles. The number of rotatable bonds is 1. The molecule has 0 unspecified atom stereocenters. The number of nitrogens with one attached hydrogen (secondary N) is 1. The van der Waals surface area contributed by atoms with Crippen molar-refractivity contribution >= 4 is 5.91 Å². The van der Waals surface area contributed by atoms with E-state index in [2.05, 4.69) is 10.3 Å². The minimum absolute atomic E-state index is 0.0890. The fourth-order valence-corrected chi connectivity index (χ4v) is 1.83. The van der Waals surface area contributed by atoms with E-state index in [9.17, 15) is 4.79 Å². The van der Waals surface area contributed by atoms with E-state index in [4.69, 9.17) is 4.74 Å². The van der Waals surface area contributed by atoms with Crippen LogP contribution in [-0.2, 0) is 6.54 Å². The summed E-state index contributed by atoms with van der Waals surface area (Å²) in [6.07, 6.45) is 0. The Labute approximate surface area is 82.3 Å². The van der Waals surface area contributed by atoms with Crippen molar-refractivity contribution in [3.05, 3.63) is 22.5 Å². The maximum atomic E-state index is 11.4. The van der Waals surface area contributed by atoms with E-state index in [0.717, 1.165) is 22.6 Å². The number of carbonyl (C=O) groups excluding carboxylic acids is 1. The Morgan fingerprint density at radius 1 is 1.43 bits per heavy atom. The van der Waals surface area contributed by atoms with E-state index >= 15 is 0 Å². The van der Waals surface area contributed by atoms with Gasteiger partial charge in [-0.3, -0.25) is 4.79 Å². The molecule has 0 saturated heterocycles.